The summed E-state index contributed by atoms with van der Waals surface area (Å²) in [5.74, 6) is 0. The normalized spacial score (nSPS) is 21.1. The Morgan fingerprint density at radius 2 is 2.31 bits per heavy atom. The van der Waals surface area contributed by atoms with E-state index in [0.717, 1.165) is 18.5 Å². The van der Waals surface area contributed by atoms with Crippen molar-refractivity contribution in [1.82, 2.24) is 4.98 Å². The minimum atomic E-state index is -0.220. The van der Waals surface area contributed by atoms with Crippen LogP contribution in [-0.2, 0) is 6.42 Å². The van der Waals surface area contributed by atoms with Crippen LogP contribution >= 0.6 is 0 Å². The van der Waals surface area contributed by atoms with Gasteiger partial charge < -0.3 is 5.11 Å². The maximum atomic E-state index is 9.86. The molecule has 1 aromatic rings. The van der Waals surface area contributed by atoms with Gasteiger partial charge in [-0.2, -0.15) is 0 Å². The van der Waals surface area contributed by atoms with Gasteiger partial charge in [0.25, 0.3) is 0 Å². The first kappa shape index (κ1) is 8.70. The van der Waals surface area contributed by atoms with E-state index in [-0.39, 0.29) is 11.5 Å². The van der Waals surface area contributed by atoms with Crippen molar-refractivity contribution in [1.29, 1.82) is 0 Å². The molecule has 1 N–H and O–H groups in total. The minimum absolute atomic E-state index is 0.178. The number of hydrogen-bond acceptors (Lipinski definition) is 2. The topological polar surface area (TPSA) is 33.1 Å². The molecule has 70 valence electrons. The molecule has 2 rings (SSSR count). The van der Waals surface area contributed by atoms with Gasteiger partial charge in [-0.1, -0.05) is 13.0 Å². The van der Waals surface area contributed by atoms with Crippen molar-refractivity contribution in [3.63, 3.8) is 0 Å². The van der Waals surface area contributed by atoms with Gasteiger partial charge >= 0.3 is 0 Å². The molecular weight excluding hydrogens is 162 g/mol. The SMILES string of the molecule is CC1(C(O)Cc2ccccn2)CC1. The van der Waals surface area contributed by atoms with Gasteiger partial charge in [-0.05, 0) is 30.4 Å². The van der Waals surface area contributed by atoms with Crippen LogP contribution in [-0.4, -0.2) is 16.2 Å². The Morgan fingerprint density at radius 1 is 1.54 bits per heavy atom. The maximum absolute atomic E-state index is 9.86. The molecule has 0 aliphatic heterocycles. The third-order valence-corrected chi connectivity index (χ3v) is 2.97. The van der Waals surface area contributed by atoms with Gasteiger partial charge in [0.2, 0.25) is 0 Å². The molecule has 0 radical (unpaired) electrons. The largest absolute Gasteiger partial charge is 0.392 e. The van der Waals surface area contributed by atoms with Gasteiger partial charge in [0.05, 0.1) is 6.10 Å². The number of nitrogens with zero attached hydrogens (tertiary/aromatic N) is 1. The predicted octanol–water partition coefficient (Wildman–Crippen LogP) is 1.79. The monoisotopic (exact) mass is 177 g/mol. The summed E-state index contributed by atoms with van der Waals surface area (Å²) in [5, 5.41) is 9.86. The zero-order valence-corrected chi connectivity index (χ0v) is 7.90. The quantitative estimate of drug-likeness (QED) is 0.763. The first-order valence-electron chi connectivity index (χ1n) is 4.79. The average molecular weight is 177 g/mol. The Balaban J connectivity index is 1.98. The third-order valence-electron chi connectivity index (χ3n) is 2.97. The fourth-order valence-corrected chi connectivity index (χ4v) is 1.49. The molecule has 1 saturated carbocycles. The van der Waals surface area contributed by atoms with Crippen LogP contribution in [0.5, 0.6) is 0 Å². The van der Waals surface area contributed by atoms with Crippen LogP contribution in [0.4, 0.5) is 0 Å². The summed E-state index contributed by atoms with van der Waals surface area (Å²) >= 11 is 0. The van der Waals surface area contributed by atoms with Crippen LogP contribution < -0.4 is 0 Å². The van der Waals surface area contributed by atoms with Crippen molar-refractivity contribution in [2.45, 2.75) is 32.3 Å². The van der Waals surface area contributed by atoms with Crippen molar-refractivity contribution in [3.8, 4) is 0 Å². The average Bonchev–Trinajstić information content (AvgIpc) is 2.87. The predicted molar refractivity (Wildman–Crippen MR) is 51.3 cm³/mol. The molecule has 1 aliphatic carbocycles. The smallest absolute Gasteiger partial charge is 0.0649 e. The van der Waals surface area contributed by atoms with Gasteiger partial charge in [-0.25, -0.2) is 0 Å². The fraction of sp³-hybridized carbons (Fsp3) is 0.545. The number of aliphatic hydroxyl groups is 1. The van der Waals surface area contributed by atoms with Gasteiger partial charge in [0, 0.05) is 18.3 Å². The van der Waals surface area contributed by atoms with Gasteiger partial charge in [-0.3, -0.25) is 4.98 Å². The molecule has 1 aliphatic rings. The Kier molecular flexibility index (Phi) is 2.08. The summed E-state index contributed by atoms with van der Waals surface area (Å²) in [5.41, 5.74) is 1.17. The standard InChI is InChI=1S/C11H15NO/c1-11(5-6-11)10(13)8-9-4-2-3-7-12-9/h2-4,7,10,13H,5-6,8H2,1H3. The van der Waals surface area contributed by atoms with Crippen LogP contribution in [0.1, 0.15) is 25.5 Å². The number of rotatable bonds is 3. The molecule has 2 nitrogen and oxygen atoms in total. The molecule has 2 heteroatoms. The molecule has 0 aromatic carbocycles. The van der Waals surface area contributed by atoms with Crippen molar-refractivity contribution < 1.29 is 5.11 Å². The molecule has 13 heavy (non-hydrogen) atoms. The highest BCUT2D eigenvalue weighted by Gasteiger charge is 2.43. The molecule has 1 fully saturated rings. The molecular formula is C11H15NO. The van der Waals surface area contributed by atoms with Crippen LogP contribution in [0.25, 0.3) is 0 Å². The number of hydrogen-bond donors (Lipinski definition) is 1. The molecule has 0 spiro atoms. The van der Waals surface area contributed by atoms with Crippen molar-refractivity contribution >= 4 is 0 Å². The maximum Gasteiger partial charge on any atom is 0.0649 e. The first-order valence-corrected chi connectivity index (χ1v) is 4.79. The zero-order chi connectivity index (χ0) is 9.31. The van der Waals surface area contributed by atoms with Crippen LogP contribution in [0.2, 0.25) is 0 Å². The summed E-state index contributed by atoms with van der Waals surface area (Å²) in [7, 11) is 0. The van der Waals surface area contributed by atoms with E-state index in [0.29, 0.717) is 6.42 Å². The van der Waals surface area contributed by atoms with Crippen LogP contribution in [0.3, 0.4) is 0 Å². The van der Waals surface area contributed by atoms with E-state index in [2.05, 4.69) is 11.9 Å². The molecule has 0 saturated heterocycles. The van der Waals surface area contributed by atoms with Gasteiger partial charge in [0.15, 0.2) is 0 Å². The molecule has 0 amide bonds. The highest BCUT2D eigenvalue weighted by molar-refractivity contribution is 5.07. The molecule has 0 bridgehead atoms. The summed E-state index contributed by atoms with van der Waals surface area (Å²) in [6.07, 6.45) is 4.55. The highest BCUT2D eigenvalue weighted by atomic mass is 16.3. The summed E-state index contributed by atoms with van der Waals surface area (Å²) in [4.78, 5) is 4.20. The van der Waals surface area contributed by atoms with E-state index in [9.17, 15) is 5.11 Å². The van der Waals surface area contributed by atoms with E-state index in [4.69, 9.17) is 0 Å². The lowest BCUT2D eigenvalue weighted by molar-refractivity contribution is 0.102. The number of aromatic nitrogens is 1. The third kappa shape index (κ3) is 1.89. The second-order valence-electron chi connectivity index (χ2n) is 4.20. The van der Waals surface area contributed by atoms with E-state index in [1.54, 1.807) is 6.20 Å². The summed E-state index contributed by atoms with van der Waals surface area (Å²) in [6.45, 7) is 2.14. The second-order valence-corrected chi connectivity index (χ2v) is 4.20. The first-order chi connectivity index (χ1) is 6.21. The van der Waals surface area contributed by atoms with Crippen LogP contribution in [0.15, 0.2) is 24.4 Å². The van der Waals surface area contributed by atoms with E-state index < -0.39 is 0 Å². The van der Waals surface area contributed by atoms with E-state index >= 15 is 0 Å². The molecule has 1 heterocycles. The van der Waals surface area contributed by atoms with Gasteiger partial charge in [0.1, 0.15) is 0 Å². The van der Waals surface area contributed by atoms with E-state index in [1.165, 1.54) is 0 Å². The number of pyridine rings is 1. The summed E-state index contributed by atoms with van der Waals surface area (Å²) in [6, 6.07) is 5.83. The molecule has 1 aromatic heterocycles. The summed E-state index contributed by atoms with van der Waals surface area (Å²) < 4.78 is 0. The molecule has 1 unspecified atom stereocenters. The van der Waals surface area contributed by atoms with Crippen LogP contribution in [0, 0.1) is 5.41 Å². The fourth-order valence-electron chi connectivity index (χ4n) is 1.49. The molecule has 1 atom stereocenters. The Labute approximate surface area is 78.6 Å². The lowest BCUT2D eigenvalue weighted by Gasteiger charge is -2.16. The van der Waals surface area contributed by atoms with Gasteiger partial charge in [-0.15, -0.1) is 0 Å². The Bertz CT molecular complexity index is 279. The Hall–Kier alpha value is -0.890. The Morgan fingerprint density at radius 3 is 2.85 bits per heavy atom. The van der Waals surface area contributed by atoms with E-state index in [1.807, 2.05) is 18.2 Å². The zero-order valence-electron chi connectivity index (χ0n) is 7.90. The van der Waals surface area contributed by atoms with Crippen molar-refractivity contribution in [2.24, 2.45) is 5.41 Å². The van der Waals surface area contributed by atoms with Crippen molar-refractivity contribution in [3.05, 3.63) is 30.1 Å². The highest BCUT2D eigenvalue weighted by Crippen LogP contribution is 2.48. The lowest BCUT2D eigenvalue weighted by Crippen LogP contribution is -2.21. The number of aliphatic hydroxyl groups excluding tert-OH is 1. The second kappa shape index (κ2) is 3.11. The van der Waals surface area contributed by atoms with Crippen molar-refractivity contribution in [2.75, 3.05) is 0 Å². The lowest BCUT2D eigenvalue weighted by atomic mass is 9.97. The minimum Gasteiger partial charge on any atom is -0.392 e.